The van der Waals surface area contributed by atoms with Crippen LogP contribution in [0.4, 0.5) is 11.4 Å². The molecule has 1 unspecified atom stereocenters. The molecule has 0 saturated heterocycles. The van der Waals surface area contributed by atoms with E-state index < -0.39 is 4.92 Å². The number of benzene rings is 1. The van der Waals surface area contributed by atoms with Gasteiger partial charge in [0.15, 0.2) is 0 Å². The molecule has 0 aromatic heterocycles. The summed E-state index contributed by atoms with van der Waals surface area (Å²) < 4.78 is 0. The molecule has 1 rings (SSSR count). The summed E-state index contributed by atoms with van der Waals surface area (Å²) in [6, 6.07) is 6.40. The van der Waals surface area contributed by atoms with Crippen LogP contribution in [0.3, 0.4) is 0 Å². The number of hydrogen-bond donors (Lipinski definition) is 1. The minimum Gasteiger partial charge on any atom is -0.326 e. The zero-order valence-electron chi connectivity index (χ0n) is 13.2. The highest BCUT2D eigenvalue weighted by Gasteiger charge is 2.12. The Morgan fingerprint density at radius 1 is 1.50 bits per heavy atom. The molecule has 1 aromatic rings. The lowest BCUT2D eigenvalue weighted by molar-refractivity contribution is -0.384. The smallest absolute Gasteiger partial charge is 0.271 e. The summed E-state index contributed by atoms with van der Waals surface area (Å²) in [5.41, 5.74) is 0.429. The van der Waals surface area contributed by atoms with E-state index in [4.69, 9.17) is 0 Å². The van der Waals surface area contributed by atoms with E-state index in [2.05, 4.69) is 23.4 Å². The minimum absolute atomic E-state index is 0.0272. The number of thioether (sulfide) groups is 1. The van der Waals surface area contributed by atoms with Gasteiger partial charge in [-0.2, -0.15) is 11.8 Å². The molecule has 1 aromatic carbocycles. The fourth-order valence-corrected chi connectivity index (χ4v) is 2.50. The van der Waals surface area contributed by atoms with Gasteiger partial charge in [-0.25, -0.2) is 0 Å². The van der Waals surface area contributed by atoms with Crippen molar-refractivity contribution in [2.75, 3.05) is 30.9 Å². The van der Waals surface area contributed by atoms with E-state index in [1.807, 2.05) is 18.8 Å². The highest BCUT2D eigenvalue weighted by molar-refractivity contribution is 7.98. The third-order valence-corrected chi connectivity index (χ3v) is 4.17. The Morgan fingerprint density at radius 2 is 2.23 bits per heavy atom. The van der Waals surface area contributed by atoms with Gasteiger partial charge < -0.3 is 10.2 Å². The Kier molecular flexibility index (Phi) is 7.90. The van der Waals surface area contributed by atoms with Gasteiger partial charge in [-0.1, -0.05) is 6.07 Å². The van der Waals surface area contributed by atoms with Crippen LogP contribution >= 0.6 is 11.8 Å². The highest BCUT2D eigenvalue weighted by Crippen LogP contribution is 2.17. The average molecular weight is 325 g/mol. The summed E-state index contributed by atoms with van der Waals surface area (Å²) >= 11 is 1.82. The normalized spacial score (nSPS) is 12.2. The monoisotopic (exact) mass is 325 g/mol. The van der Waals surface area contributed by atoms with Crippen LogP contribution < -0.4 is 5.32 Å². The molecule has 122 valence electrons. The van der Waals surface area contributed by atoms with E-state index in [9.17, 15) is 14.9 Å². The molecule has 0 heterocycles. The quantitative estimate of drug-likeness (QED) is 0.558. The zero-order valence-corrected chi connectivity index (χ0v) is 14.1. The number of carbonyl (C=O) groups is 1. The van der Waals surface area contributed by atoms with Crippen LogP contribution in [0.2, 0.25) is 0 Å². The fourth-order valence-electron chi connectivity index (χ4n) is 1.93. The van der Waals surface area contributed by atoms with Crippen molar-refractivity contribution in [3.63, 3.8) is 0 Å². The first-order chi connectivity index (χ1) is 10.4. The largest absolute Gasteiger partial charge is 0.326 e. The number of anilines is 1. The summed E-state index contributed by atoms with van der Waals surface area (Å²) in [5.74, 6) is 0.968. The lowest BCUT2D eigenvalue weighted by Gasteiger charge is -2.24. The second kappa shape index (κ2) is 9.42. The molecule has 0 radical (unpaired) electrons. The maximum absolute atomic E-state index is 11.9. The van der Waals surface area contributed by atoms with Crippen LogP contribution in [-0.2, 0) is 4.79 Å². The number of nitrogens with one attached hydrogen (secondary N) is 1. The van der Waals surface area contributed by atoms with Gasteiger partial charge in [0.1, 0.15) is 0 Å². The van der Waals surface area contributed by atoms with Crippen LogP contribution in [0.15, 0.2) is 24.3 Å². The van der Waals surface area contributed by atoms with E-state index in [0.717, 1.165) is 12.2 Å². The number of amides is 1. The van der Waals surface area contributed by atoms with Gasteiger partial charge in [0.05, 0.1) is 4.92 Å². The molecule has 0 aliphatic carbocycles. The fraction of sp³-hybridized carbons (Fsp3) is 0.533. The molecular formula is C15H23N3O3S. The number of nitro groups is 1. The van der Waals surface area contributed by atoms with Gasteiger partial charge in [0, 0.05) is 36.8 Å². The summed E-state index contributed by atoms with van der Waals surface area (Å²) in [6.07, 6.45) is 3.53. The van der Waals surface area contributed by atoms with Crippen LogP contribution in [0.5, 0.6) is 0 Å². The molecule has 0 aliphatic heterocycles. The van der Waals surface area contributed by atoms with Crippen molar-refractivity contribution in [1.29, 1.82) is 0 Å². The first-order valence-corrected chi connectivity index (χ1v) is 8.57. The van der Waals surface area contributed by atoms with Crippen molar-refractivity contribution in [2.45, 2.75) is 25.8 Å². The number of nitrogens with zero attached hydrogens (tertiary/aromatic N) is 2. The average Bonchev–Trinajstić information content (AvgIpc) is 2.50. The van der Waals surface area contributed by atoms with E-state index in [0.29, 0.717) is 24.7 Å². The van der Waals surface area contributed by atoms with Crippen LogP contribution in [0.1, 0.15) is 19.8 Å². The van der Waals surface area contributed by atoms with Crippen LogP contribution in [0, 0.1) is 10.1 Å². The number of hydrogen-bond acceptors (Lipinski definition) is 5. The van der Waals surface area contributed by atoms with Crippen molar-refractivity contribution < 1.29 is 9.72 Å². The van der Waals surface area contributed by atoms with E-state index in [1.54, 1.807) is 12.1 Å². The molecule has 7 heteroatoms. The second-order valence-electron chi connectivity index (χ2n) is 5.22. The van der Waals surface area contributed by atoms with Gasteiger partial charge in [0.25, 0.3) is 5.69 Å². The molecule has 1 atom stereocenters. The molecule has 0 bridgehead atoms. The standard InChI is InChI=1S/C15H23N3O3S/c1-12(8-10-22-3)17(2)9-7-15(19)16-13-5-4-6-14(11-13)18(20)21/h4-6,11-12H,7-10H2,1-3H3,(H,16,19). The first kappa shape index (κ1) is 18.4. The lowest BCUT2D eigenvalue weighted by atomic mass is 10.2. The summed E-state index contributed by atoms with van der Waals surface area (Å²) in [6.45, 7) is 2.81. The molecule has 0 spiro atoms. The van der Waals surface area contributed by atoms with Gasteiger partial charge in [0.2, 0.25) is 5.91 Å². The topological polar surface area (TPSA) is 75.5 Å². The van der Waals surface area contributed by atoms with Crippen LogP contribution in [-0.4, -0.2) is 47.4 Å². The SMILES string of the molecule is CSCCC(C)N(C)CCC(=O)Nc1cccc([N+](=O)[O-])c1. The molecule has 1 amide bonds. The molecular weight excluding hydrogens is 302 g/mol. The van der Waals surface area contributed by atoms with Gasteiger partial charge >= 0.3 is 0 Å². The third kappa shape index (κ3) is 6.44. The Morgan fingerprint density at radius 3 is 2.86 bits per heavy atom. The Balaban J connectivity index is 2.43. The molecule has 0 aliphatic rings. The third-order valence-electron chi connectivity index (χ3n) is 3.52. The van der Waals surface area contributed by atoms with Gasteiger partial charge in [-0.3, -0.25) is 14.9 Å². The first-order valence-electron chi connectivity index (χ1n) is 7.17. The second-order valence-corrected chi connectivity index (χ2v) is 6.20. The number of rotatable bonds is 9. The van der Waals surface area contributed by atoms with Crippen molar-refractivity contribution in [3.8, 4) is 0 Å². The molecule has 0 fully saturated rings. The molecule has 0 saturated carbocycles. The predicted molar refractivity (Wildman–Crippen MR) is 91.4 cm³/mol. The van der Waals surface area contributed by atoms with Crippen molar-refractivity contribution in [1.82, 2.24) is 4.90 Å². The minimum atomic E-state index is -0.475. The molecule has 22 heavy (non-hydrogen) atoms. The Labute approximate surface area is 135 Å². The Bertz CT molecular complexity index is 511. The maximum atomic E-state index is 11.9. The maximum Gasteiger partial charge on any atom is 0.271 e. The number of non-ortho nitro benzene ring substituents is 1. The van der Waals surface area contributed by atoms with Crippen molar-refractivity contribution in [2.24, 2.45) is 0 Å². The van der Waals surface area contributed by atoms with Gasteiger partial charge in [-0.15, -0.1) is 0 Å². The lowest BCUT2D eigenvalue weighted by Crippen LogP contribution is -2.32. The highest BCUT2D eigenvalue weighted by atomic mass is 32.2. The summed E-state index contributed by atoms with van der Waals surface area (Å²) in [5, 5.41) is 13.4. The summed E-state index contributed by atoms with van der Waals surface area (Å²) in [4.78, 5) is 24.3. The Hall–Kier alpha value is -1.60. The number of nitro benzene ring substituents is 1. The molecule has 1 N–H and O–H groups in total. The number of carbonyl (C=O) groups excluding carboxylic acids is 1. The van der Waals surface area contributed by atoms with Gasteiger partial charge in [-0.05, 0) is 38.5 Å². The predicted octanol–water partition coefficient (Wildman–Crippen LogP) is 3.00. The van der Waals surface area contributed by atoms with Crippen molar-refractivity contribution >= 4 is 29.0 Å². The zero-order chi connectivity index (χ0) is 16.5. The summed E-state index contributed by atoms with van der Waals surface area (Å²) in [7, 11) is 2.01. The van der Waals surface area contributed by atoms with Crippen molar-refractivity contribution in [3.05, 3.63) is 34.4 Å². The molecule has 6 nitrogen and oxygen atoms in total. The van der Waals surface area contributed by atoms with E-state index in [1.165, 1.54) is 12.1 Å². The van der Waals surface area contributed by atoms with E-state index >= 15 is 0 Å². The van der Waals surface area contributed by atoms with E-state index in [-0.39, 0.29) is 11.6 Å². The van der Waals surface area contributed by atoms with Crippen LogP contribution in [0.25, 0.3) is 0 Å².